The molecule has 2 aliphatic heterocycles. The zero-order valence-corrected chi connectivity index (χ0v) is 25.1. The van der Waals surface area contributed by atoms with Crippen molar-refractivity contribution < 1.29 is 23.9 Å². The van der Waals surface area contributed by atoms with E-state index in [1.165, 1.54) is 11.9 Å². The Morgan fingerprint density at radius 3 is 2.14 bits per heavy atom. The van der Waals surface area contributed by atoms with Gasteiger partial charge in [-0.1, -0.05) is 60.7 Å². The predicted octanol–water partition coefficient (Wildman–Crippen LogP) is 2.99. The molecule has 4 rings (SSSR count). The molecule has 0 bridgehead atoms. The molecule has 10 heteroatoms. The van der Waals surface area contributed by atoms with Gasteiger partial charge in [-0.25, -0.2) is 4.79 Å². The number of benzene rings is 2. The predicted molar refractivity (Wildman–Crippen MR) is 159 cm³/mol. The van der Waals surface area contributed by atoms with E-state index < -0.39 is 35.7 Å². The van der Waals surface area contributed by atoms with Crippen molar-refractivity contribution >= 4 is 23.8 Å². The van der Waals surface area contributed by atoms with Crippen molar-refractivity contribution in [2.45, 2.75) is 82.8 Å². The minimum atomic E-state index is -0.887. The third-order valence-electron chi connectivity index (χ3n) is 7.87. The molecule has 226 valence electrons. The van der Waals surface area contributed by atoms with Gasteiger partial charge < -0.3 is 25.6 Å². The van der Waals surface area contributed by atoms with Crippen molar-refractivity contribution in [2.75, 3.05) is 20.1 Å². The van der Waals surface area contributed by atoms with Crippen molar-refractivity contribution in [2.24, 2.45) is 0 Å². The summed E-state index contributed by atoms with van der Waals surface area (Å²) in [6, 6.07) is 16.6. The second-order valence-corrected chi connectivity index (χ2v) is 12.1. The van der Waals surface area contributed by atoms with Gasteiger partial charge in [0, 0.05) is 19.6 Å². The summed E-state index contributed by atoms with van der Waals surface area (Å²) in [5.41, 5.74) is 1.19. The Morgan fingerprint density at radius 2 is 1.57 bits per heavy atom. The van der Waals surface area contributed by atoms with Gasteiger partial charge in [0.25, 0.3) is 0 Å². The number of carbonyl (C=O) groups excluding carboxylic acids is 4. The van der Waals surface area contributed by atoms with E-state index >= 15 is 0 Å². The van der Waals surface area contributed by atoms with Gasteiger partial charge in [0.2, 0.25) is 17.7 Å². The van der Waals surface area contributed by atoms with Crippen LogP contribution in [0.25, 0.3) is 0 Å². The van der Waals surface area contributed by atoms with Crippen molar-refractivity contribution in [1.29, 1.82) is 0 Å². The van der Waals surface area contributed by atoms with Crippen LogP contribution in [0.5, 0.6) is 0 Å². The molecule has 2 aromatic rings. The normalized spacial score (nSPS) is 21.5. The van der Waals surface area contributed by atoms with Crippen LogP contribution in [0.3, 0.4) is 0 Å². The number of nitrogens with one attached hydrogen (secondary N) is 3. The van der Waals surface area contributed by atoms with E-state index in [4.69, 9.17) is 4.74 Å². The highest BCUT2D eigenvalue weighted by molar-refractivity contribution is 5.94. The molecule has 1 unspecified atom stereocenters. The van der Waals surface area contributed by atoms with Crippen LogP contribution in [0.1, 0.15) is 64.1 Å². The van der Waals surface area contributed by atoms with Gasteiger partial charge in [0.15, 0.2) is 0 Å². The number of carbonyl (C=O) groups is 4. The maximum absolute atomic E-state index is 14.0. The van der Waals surface area contributed by atoms with Gasteiger partial charge in [0.1, 0.15) is 23.7 Å². The van der Waals surface area contributed by atoms with E-state index in [1.54, 1.807) is 32.6 Å². The van der Waals surface area contributed by atoms with Crippen molar-refractivity contribution in [3.63, 3.8) is 0 Å². The highest BCUT2D eigenvalue weighted by Crippen LogP contribution is 2.30. The smallest absolute Gasteiger partial charge is 0.410 e. The van der Waals surface area contributed by atoms with E-state index in [0.717, 1.165) is 17.5 Å². The van der Waals surface area contributed by atoms with Crippen LogP contribution in [-0.2, 0) is 19.1 Å². The average Bonchev–Trinajstić information content (AvgIpc) is 3.38. The molecular weight excluding hydrogens is 534 g/mol. The first-order valence-corrected chi connectivity index (χ1v) is 14.7. The molecular formula is C32H43N5O5. The third-order valence-corrected chi connectivity index (χ3v) is 7.87. The summed E-state index contributed by atoms with van der Waals surface area (Å²) >= 11 is 0. The molecule has 2 saturated heterocycles. The molecule has 2 fully saturated rings. The molecule has 4 amide bonds. The van der Waals surface area contributed by atoms with E-state index in [1.807, 2.05) is 60.7 Å². The van der Waals surface area contributed by atoms with Crippen molar-refractivity contribution in [3.05, 3.63) is 71.8 Å². The summed E-state index contributed by atoms with van der Waals surface area (Å²) in [5.74, 6) is -1.00. The van der Waals surface area contributed by atoms with E-state index in [-0.39, 0.29) is 30.4 Å². The first-order valence-electron chi connectivity index (χ1n) is 14.7. The van der Waals surface area contributed by atoms with Gasteiger partial charge in [-0.2, -0.15) is 0 Å². The summed E-state index contributed by atoms with van der Waals surface area (Å²) in [7, 11) is 1.49. The lowest BCUT2D eigenvalue weighted by atomic mass is 9.98. The average molecular weight is 578 g/mol. The maximum Gasteiger partial charge on any atom is 0.410 e. The Morgan fingerprint density at radius 1 is 0.976 bits per heavy atom. The van der Waals surface area contributed by atoms with Crippen LogP contribution in [0, 0.1) is 0 Å². The molecule has 10 nitrogen and oxygen atoms in total. The van der Waals surface area contributed by atoms with Crippen LogP contribution < -0.4 is 16.0 Å². The first kappa shape index (κ1) is 31.0. The van der Waals surface area contributed by atoms with Crippen LogP contribution in [0.2, 0.25) is 0 Å². The zero-order chi connectivity index (χ0) is 30.4. The number of hydrogen-bond acceptors (Lipinski definition) is 6. The van der Waals surface area contributed by atoms with E-state index in [0.29, 0.717) is 19.4 Å². The minimum absolute atomic E-state index is 0.116. The van der Waals surface area contributed by atoms with E-state index in [9.17, 15) is 19.2 Å². The second-order valence-electron chi connectivity index (χ2n) is 12.1. The monoisotopic (exact) mass is 577 g/mol. The zero-order valence-electron chi connectivity index (χ0n) is 25.1. The molecule has 2 heterocycles. The lowest BCUT2D eigenvalue weighted by Crippen LogP contribution is -2.61. The second kappa shape index (κ2) is 13.4. The van der Waals surface area contributed by atoms with E-state index in [2.05, 4.69) is 16.0 Å². The van der Waals surface area contributed by atoms with Gasteiger partial charge in [-0.3, -0.25) is 19.3 Å². The van der Waals surface area contributed by atoms with Gasteiger partial charge in [-0.05, 0) is 64.6 Å². The fourth-order valence-electron chi connectivity index (χ4n) is 5.50. The van der Waals surface area contributed by atoms with Crippen molar-refractivity contribution in [1.82, 2.24) is 25.8 Å². The number of ether oxygens (including phenoxy) is 1. The Balaban J connectivity index is 1.50. The summed E-state index contributed by atoms with van der Waals surface area (Å²) in [4.78, 5) is 56.4. The lowest BCUT2D eigenvalue weighted by Gasteiger charge is -2.36. The summed E-state index contributed by atoms with van der Waals surface area (Å²) in [6.07, 6.45) is 1.33. The Labute approximate surface area is 248 Å². The number of rotatable bonds is 7. The van der Waals surface area contributed by atoms with Gasteiger partial charge in [0.05, 0.1) is 6.04 Å². The van der Waals surface area contributed by atoms with Crippen LogP contribution in [0.15, 0.2) is 60.7 Å². The molecule has 0 aliphatic carbocycles. The first-order chi connectivity index (χ1) is 20.0. The molecule has 0 spiro atoms. The topological polar surface area (TPSA) is 120 Å². The quantitative estimate of drug-likeness (QED) is 0.466. The third kappa shape index (κ3) is 7.47. The fourth-order valence-corrected chi connectivity index (χ4v) is 5.50. The van der Waals surface area contributed by atoms with Gasteiger partial charge >= 0.3 is 6.09 Å². The molecule has 42 heavy (non-hydrogen) atoms. The molecule has 0 saturated carbocycles. The molecule has 2 aliphatic rings. The minimum Gasteiger partial charge on any atom is -0.444 e. The molecule has 0 radical (unpaired) electrons. The molecule has 0 aromatic heterocycles. The maximum atomic E-state index is 14.0. The van der Waals surface area contributed by atoms with Crippen LogP contribution in [-0.4, -0.2) is 83.5 Å². The number of fused-ring (bicyclic) bond motifs is 1. The largest absolute Gasteiger partial charge is 0.444 e. The van der Waals surface area contributed by atoms with Crippen LogP contribution in [0.4, 0.5) is 4.79 Å². The number of likely N-dealkylation sites (N-methyl/N-ethyl adjacent to an activating group) is 1. The highest BCUT2D eigenvalue weighted by Gasteiger charge is 2.44. The molecule has 4 atom stereocenters. The summed E-state index contributed by atoms with van der Waals surface area (Å²) in [6.45, 7) is 7.72. The SMILES string of the molecule is C[C@@H](C(=O)N[C@H]1CNCCC2CC[C@@H](C(=O)NC(c3ccccc3)c3ccccc3)N2C1=O)N(C)C(=O)OC(C)(C)C. The lowest BCUT2D eigenvalue weighted by molar-refractivity contribution is -0.144. The van der Waals surface area contributed by atoms with Crippen LogP contribution >= 0.6 is 0 Å². The number of amides is 4. The van der Waals surface area contributed by atoms with Crippen molar-refractivity contribution in [3.8, 4) is 0 Å². The Bertz CT molecular complexity index is 1210. The summed E-state index contributed by atoms with van der Waals surface area (Å²) < 4.78 is 5.39. The number of hydrogen-bond donors (Lipinski definition) is 3. The molecule has 3 N–H and O–H groups in total. The molecule has 2 aromatic carbocycles. The summed E-state index contributed by atoms with van der Waals surface area (Å²) in [5, 5.41) is 9.29. The standard InChI is InChI=1S/C32H43N5O5/c1-21(36(5)31(41)42-32(2,3)4)28(38)34-25-20-33-19-18-24-16-17-26(37(24)30(25)40)29(39)35-27(22-12-8-6-9-13-22)23-14-10-7-11-15-23/h6-15,21,24-27,33H,16-20H2,1-5H3,(H,34,38)(H,35,39)/t21-,24?,25-,26-/m0/s1. The fraction of sp³-hybridized carbons (Fsp3) is 0.500. The van der Waals surface area contributed by atoms with Gasteiger partial charge in [-0.15, -0.1) is 0 Å². The Hall–Kier alpha value is -3.92. The Kier molecular flexibility index (Phi) is 9.88. The number of nitrogens with zero attached hydrogens (tertiary/aromatic N) is 2. The highest BCUT2D eigenvalue weighted by atomic mass is 16.6.